The third kappa shape index (κ3) is 6.31. The quantitative estimate of drug-likeness (QED) is 0.257. The molecule has 3 fully saturated rings. The van der Waals surface area contributed by atoms with Crippen LogP contribution >= 0.6 is 0 Å². The second-order valence-electron chi connectivity index (χ2n) is 14.4. The fourth-order valence-corrected chi connectivity index (χ4v) is 8.44. The Bertz CT molecular complexity index is 1610. The van der Waals surface area contributed by atoms with Gasteiger partial charge in [0.1, 0.15) is 5.75 Å². The van der Waals surface area contributed by atoms with E-state index in [1.165, 1.54) is 0 Å². The highest BCUT2D eigenvalue weighted by atomic mass is 16.6. The molecule has 0 bridgehead atoms. The summed E-state index contributed by atoms with van der Waals surface area (Å²) in [6.45, 7) is 7.08. The largest absolute Gasteiger partial charge is 0.495 e. The number of nitrogens with two attached hydrogens (primary N) is 1. The molecule has 48 heavy (non-hydrogen) atoms. The molecule has 3 aliphatic rings. The number of ether oxygens (including phenoxy) is 3. The number of carbonyl (C=O) groups is 2. The van der Waals surface area contributed by atoms with Crippen molar-refractivity contribution in [1.29, 1.82) is 0 Å². The van der Waals surface area contributed by atoms with Gasteiger partial charge in [-0.25, -0.2) is 4.79 Å². The van der Waals surface area contributed by atoms with Crippen LogP contribution in [0.5, 0.6) is 5.75 Å². The molecule has 3 heterocycles. The van der Waals surface area contributed by atoms with Gasteiger partial charge in [0.05, 0.1) is 38.2 Å². The van der Waals surface area contributed by atoms with Crippen LogP contribution < -0.4 is 10.5 Å². The van der Waals surface area contributed by atoms with Crippen molar-refractivity contribution >= 4 is 12.0 Å². The van der Waals surface area contributed by atoms with E-state index in [0.29, 0.717) is 44.2 Å². The van der Waals surface area contributed by atoms with Crippen LogP contribution in [0.3, 0.4) is 0 Å². The number of hydrogen-bond acceptors (Lipinski definition) is 7. The summed E-state index contributed by atoms with van der Waals surface area (Å²) in [6, 6.07) is 12.8. The molecule has 2 N–H and O–H groups in total. The Morgan fingerprint density at radius 3 is 2.42 bits per heavy atom. The van der Waals surface area contributed by atoms with Crippen molar-refractivity contribution in [3.63, 3.8) is 0 Å². The summed E-state index contributed by atoms with van der Waals surface area (Å²) in [6.07, 6.45) is 10.9. The van der Waals surface area contributed by atoms with Crippen LogP contribution in [0.25, 0.3) is 11.1 Å². The molecule has 2 aromatic heterocycles. The zero-order valence-corrected chi connectivity index (χ0v) is 29.1. The number of methoxy groups -OCH3 is 2. The Morgan fingerprint density at radius 1 is 1.02 bits per heavy atom. The molecule has 258 valence electrons. The minimum Gasteiger partial charge on any atom is -0.495 e. The van der Waals surface area contributed by atoms with E-state index < -0.39 is 23.0 Å². The Balaban J connectivity index is 1.35. The highest BCUT2D eigenvalue weighted by molar-refractivity contribution is 5.89. The summed E-state index contributed by atoms with van der Waals surface area (Å²) in [7, 11) is 3.32. The number of pyridine rings is 1. The summed E-state index contributed by atoms with van der Waals surface area (Å²) in [5, 5.41) is 4.58. The van der Waals surface area contributed by atoms with E-state index in [2.05, 4.69) is 55.5 Å². The number of hydrogen-bond donors (Lipinski definition) is 1. The number of likely N-dealkylation sites (tertiary alicyclic amines) is 1. The standard InChI is InChI=1S/C38H51N5O5/c1-25(2)43-22-30(21-40-43)29-9-8-10-31(19-29)37(20-27-11-13-28(14-12-27)33-15-16-34(47-5)26(3)41-33)17-6-7-18-38(37,35(39)44)48-36(45)42-23-32(24-42)46-4/h8-10,15-16,19,21-22,25,27-28,32H,6-7,11-14,17-18,20,23-24H2,1-5H3,(H2,39,44). The maximum atomic E-state index is 13.9. The molecule has 0 spiro atoms. The van der Waals surface area contributed by atoms with Gasteiger partial charge < -0.3 is 24.8 Å². The Hall–Kier alpha value is -3.92. The summed E-state index contributed by atoms with van der Waals surface area (Å²) in [4.78, 5) is 34.1. The summed E-state index contributed by atoms with van der Waals surface area (Å²) >= 11 is 0. The van der Waals surface area contributed by atoms with Gasteiger partial charge in [0.25, 0.3) is 5.91 Å². The first-order valence-corrected chi connectivity index (χ1v) is 17.6. The van der Waals surface area contributed by atoms with Crippen LogP contribution in [-0.4, -0.2) is 70.7 Å². The third-order valence-corrected chi connectivity index (χ3v) is 11.3. The highest BCUT2D eigenvalue weighted by Crippen LogP contribution is 2.55. The van der Waals surface area contributed by atoms with Crippen LogP contribution in [0.15, 0.2) is 48.8 Å². The van der Waals surface area contributed by atoms with E-state index in [9.17, 15) is 9.59 Å². The number of primary amides is 1. The van der Waals surface area contributed by atoms with E-state index in [0.717, 1.165) is 72.4 Å². The SMILES string of the molecule is COc1ccc(C2CCC(CC3(c4cccc(-c5cnn(C(C)C)c5)c4)CCCCC3(OC(=O)N3CC(OC)C3)C(N)=O)CC2)nc1C. The monoisotopic (exact) mass is 657 g/mol. The smallest absolute Gasteiger partial charge is 0.411 e. The topological polar surface area (TPSA) is 122 Å². The molecule has 10 nitrogen and oxygen atoms in total. The number of amides is 2. The maximum Gasteiger partial charge on any atom is 0.411 e. The summed E-state index contributed by atoms with van der Waals surface area (Å²) in [5.74, 6) is 0.931. The van der Waals surface area contributed by atoms with Gasteiger partial charge in [-0.05, 0) is 101 Å². The Kier molecular flexibility index (Phi) is 9.83. The molecule has 1 aromatic carbocycles. The molecule has 3 aromatic rings. The normalized spacial score (nSPS) is 26.2. The number of rotatable bonds is 10. The van der Waals surface area contributed by atoms with Crippen molar-refractivity contribution in [2.24, 2.45) is 11.7 Å². The van der Waals surface area contributed by atoms with Crippen molar-refractivity contribution in [1.82, 2.24) is 19.7 Å². The van der Waals surface area contributed by atoms with E-state index in [1.807, 2.05) is 23.9 Å². The molecule has 2 atom stereocenters. The van der Waals surface area contributed by atoms with Gasteiger partial charge in [-0.2, -0.15) is 5.10 Å². The van der Waals surface area contributed by atoms with Crippen molar-refractivity contribution in [3.05, 3.63) is 65.7 Å². The Labute approximate surface area is 284 Å². The predicted molar refractivity (Wildman–Crippen MR) is 184 cm³/mol. The fourth-order valence-electron chi connectivity index (χ4n) is 8.44. The van der Waals surface area contributed by atoms with Gasteiger partial charge in [0.2, 0.25) is 5.60 Å². The lowest BCUT2D eigenvalue weighted by Crippen LogP contribution is -2.66. The molecule has 2 unspecified atom stereocenters. The average Bonchev–Trinajstić information content (AvgIpc) is 3.57. The van der Waals surface area contributed by atoms with Crippen LogP contribution in [0.2, 0.25) is 0 Å². The molecular weight excluding hydrogens is 606 g/mol. The van der Waals surface area contributed by atoms with Gasteiger partial charge in [-0.3, -0.25) is 14.5 Å². The van der Waals surface area contributed by atoms with Gasteiger partial charge in [0, 0.05) is 41.9 Å². The Morgan fingerprint density at radius 2 is 1.77 bits per heavy atom. The lowest BCUT2D eigenvalue weighted by molar-refractivity contribution is -0.157. The van der Waals surface area contributed by atoms with E-state index in [4.69, 9.17) is 24.9 Å². The van der Waals surface area contributed by atoms with Gasteiger partial charge in [-0.15, -0.1) is 0 Å². The van der Waals surface area contributed by atoms with Crippen LogP contribution in [0, 0.1) is 12.8 Å². The third-order valence-electron chi connectivity index (χ3n) is 11.3. The second-order valence-corrected chi connectivity index (χ2v) is 14.4. The number of benzene rings is 1. The average molecular weight is 658 g/mol. The molecular formula is C38H51N5O5. The number of carbonyl (C=O) groups excluding carboxylic acids is 2. The highest BCUT2D eigenvalue weighted by Gasteiger charge is 2.61. The minimum atomic E-state index is -1.48. The lowest BCUT2D eigenvalue weighted by atomic mass is 9.54. The molecule has 6 rings (SSSR count). The van der Waals surface area contributed by atoms with Gasteiger partial charge in [0.15, 0.2) is 0 Å². The minimum absolute atomic E-state index is 0.0270. The van der Waals surface area contributed by atoms with E-state index in [-0.39, 0.29) is 12.1 Å². The van der Waals surface area contributed by atoms with Crippen LogP contribution in [-0.2, 0) is 19.7 Å². The molecule has 2 saturated carbocycles. The van der Waals surface area contributed by atoms with Crippen LogP contribution in [0.4, 0.5) is 4.79 Å². The van der Waals surface area contributed by atoms with Crippen molar-refractivity contribution in [3.8, 4) is 16.9 Å². The number of aromatic nitrogens is 3. The first-order valence-electron chi connectivity index (χ1n) is 17.6. The fraction of sp³-hybridized carbons (Fsp3) is 0.579. The maximum absolute atomic E-state index is 13.9. The first-order chi connectivity index (χ1) is 23.1. The molecule has 2 amide bonds. The molecule has 0 radical (unpaired) electrons. The predicted octanol–water partition coefficient (Wildman–Crippen LogP) is 6.71. The van der Waals surface area contributed by atoms with Gasteiger partial charge >= 0.3 is 6.09 Å². The van der Waals surface area contributed by atoms with Gasteiger partial charge in [-0.1, -0.05) is 30.7 Å². The van der Waals surface area contributed by atoms with E-state index >= 15 is 0 Å². The van der Waals surface area contributed by atoms with E-state index in [1.54, 1.807) is 19.1 Å². The zero-order chi connectivity index (χ0) is 34.1. The second kappa shape index (κ2) is 13.9. The summed E-state index contributed by atoms with van der Waals surface area (Å²) in [5.41, 5.74) is 9.19. The lowest BCUT2D eigenvalue weighted by Gasteiger charge is -2.53. The first kappa shape index (κ1) is 34.0. The zero-order valence-electron chi connectivity index (χ0n) is 29.1. The van der Waals surface area contributed by atoms with Crippen molar-refractivity contribution in [2.45, 2.75) is 108 Å². The molecule has 10 heteroatoms. The van der Waals surface area contributed by atoms with Crippen LogP contribution in [0.1, 0.15) is 101 Å². The number of aryl methyl sites for hydroxylation is 1. The molecule has 1 saturated heterocycles. The van der Waals surface area contributed by atoms with Crippen molar-refractivity contribution < 1.29 is 23.8 Å². The van der Waals surface area contributed by atoms with Crippen molar-refractivity contribution in [2.75, 3.05) is 27.3 Å². The number of nitrogens with zero attached hydrogens (tertiary/aromatic N) is 4. The summed E-state index contributed by atoms with van der Waals surface area (Å²) < 4.78 is 19.3. The molecule has 1 aliphatic heterocycles. The molecule has 2 aliphatic carbocycles.